The molecule has 0 spiro atoms. The molecule has 38 heavy (non-hydrogen) atoms. The largest absolute Gasteiger partial charge is 0.497 e. The van der Waals surface area contributed by atoms with Gasteiger partial charge in [0.1, 0.15) is 5.75 Å². The highest BCUT2D eigenvalue weighted by Crippen LogP contribution is 2.64. The van der Waals surface area contributed by atoms with Crippen LogP contribution in [0.4, 0.5) is 70.2 Å². The number of alkyl halides is 17. The Morgan fingerprint density at radius 3 is 1.42 bits per heavy atom. The number of nitrogens with one attached hydrogen (secondary N) is 1. The van der Waals surface area contributed by atoms with Crippen LogP contribution >= 0.6 is 11.6 Å². The molecule has 0 fully saturated rings. The van der Waals surface area contributed by atoms with Gasteiger partial charge in [-0.3, -0.25) is 4.79 Å². The molecule has 0 radical (unpaired) electrons. The summed E-state index contributed by atoms with van der Waals surface area (Å²) in [4.78, 5) is 11.4. The third-order valence-electron chi connectivity index (χ3n) is 4.87. The van der Waals surface area contributed by atoms with Gasteiger partial charge in [-0.2, -0.15) is 70.2 Å². The van der Waals surface area contributed by atoms with E-state index in [4.69, 9.17) is 4.74 Å². The molecular formula is C18H12ClF16NO2. The fraction of sp³-hybridized carbons (Fsp3) is 0.611. The Morgan fingerprint density at radius 1 is 0.684 bits per heavy atom. The van der Waals surface area contributed by atoms with E-state index in [-0.39, 0.29) is 11.3 Å². The van der Waals surface area contributed by atoms with Crippen LogP contribution in [0.1, 0.15) is 5.56 Å². The number of carbonyl (C=O) groups excluding carboxylic acids is 1. The lowest BCUT2D eigenvalue weighted by molar-refractivity contribution is -0.446. The van der Waals surface area contributed by atoms with Crippen LogP contribution in [0.3, 0.4) is 0 Å². The zero-order valence-corrected chi connectivity index (χ0v) is 18.7. The van der Waals surface area contributed by atoms with Gasteiger partial charge in [0.05, 0.1) is 7.11 Å². The summed E-state index contributed by atoms with van der Waals surface area (Å²) in [5, 5.41) is -5.97. The molecule has 0 aliphatic heterocycles. The van der Waals surface area contributed by atoms with Crippen molar-refractivity contribution in [2.24, 2.45) is 0 Å². The fourth-order valence-corrected chi connectivity index (χ4v) is 2.65. The average Bonchev–Trinajstić information content (AvgIpc) is 2.77. The van der Waals surface area contributed by atoms with Crippen LogP contribution in [0.2, 0.25) is 0 Å². The molecule has 20 heteroatoms. The summed E-state index contributed by atoms with van der Waals surface area (Å²) in [6.07, 6.45) is -0.504. The van der Waals surface area contributed by atoms with Crippen LogP contribution in [-0.2, 0) is 11.2 Å². The molecule has 220 valence electrons. The van der Waals surface area contributed by atoms with Crippen molar-refractivity contribution in [1.29, 1.82) is 0 Å². The summed E-state index contributed by atoms with van der Waals surface area (Å²) >= 11 is 3.44. The van der Waals surface area contributed by atoms with E-state index in [2.05, 4.69) is 11.6 Å². The lowest BCUT2D eigenvalue weighted by Crippen LogP contribution is -2.75. The van der Waals surface area contributed by atoms with Crippen molar-refractivity contribution in [2.45, 2.75) is 53.3 Å². The highest BCUT2D eigenvalue weighted by molar-refractivity contribution is 6.22. The molecule has 0 heterocycles. The third kappa shape index (κ3) is 5.01. The van der Waals surface area contributed by atoms with Crippen molar-refractivity contribution in [1.82, 2.24) is 5.32 Å². The number of hydrogen-bond donors (Lipinski definition) is 1. The van der Waals surface area contributed by atoms with Gasteiger partial charge in [-0.15, -0.1) is 0 Å². The quantitative estimate of drug-likeness (QED) is 0.212. The summed E-state index contributed by atoms with van der Waals surface area (Å²) in [5.74, 6) is -60.1. The summed E-state index contributed by atoms with van der Waals surface area (Å²) in [7, 11) is 1.24. The summed E-state index contributed by atoms with van der Waals surface area (Å²) in [6.45, 7) is -1.09. The van der Waals surface area contributed by atoms with Gasteiger partial charge in [-0.05, 0) is 35.7 Å². The first-order chi connectivity index (χ1) is 16.7. The van der Waals surface area contributed by atoms with Crippen LogP contribution in [0.15, 0.2) is 24.3 Å². The standard InChI is InChI=1S/C18H12ClF16NO2/c1-38-9-4-2-8(3-5-9)6-7-36-10(37)11(20,21)12(22,23)13(24,25)14(26,27)15(28,29)16(30,31)17(32,33)18(19,34)35/h2-5H,6-7H2,1H3,(H,36,37). The topological polar surface area (TPSA) is 38.3 Å². The van der Waals surface area contributed by atoms with E-state index >= 15 is 0 Å². The predicted octanol–water partition coefficient (Wildman–Crippen LogP) is 6.63. The zero-order valence-electron chi connectivity index (χ0n) is 18.0. The molecule has 0 bridgehead atoms. The number of methoxy groups -OCH3 is 1. The van der Waals surface area contributed by atoms with Crippen molar-refractivity contribution < 1.29 is 79.8 Å². The number of amides is 1. The van der Waals surface area contributed by atoms with Crippen LogP contribution in [0.25, 0.3) is 0 Å². The van der Waals surface area contributed by atoms with E-state index in [1.54, 1.807) is 0 Å². The summed E-state index contributed by atoms with van der Waals surface area (Å²) in [6, 6.07) is 5.02. The fourth-order valence-electron chi connectivity index (χ4n) is 2.53. The van der Waals surface area contributed by atoms with Gasteiger partial charge in [0.15, 0.2) is 0 Å². The van der Waals surface area contributed by atoms with Gasteiger partial charge in [0, 0.05) is 6.54 Å². The molecular weight excluding hydrogens is 602 g/mol. The molecule has 0 aliphatic carbocycles. The van der Waals surface area contributed by atoms with Gasteiger partial charge in [0.25, 0.3) is 5.91 Å². The Hall–Kier alpha value is -2.34. The van der Waals surface area contributed by atoms with Gasteiger partial charge < -0.3 is 10.1 Å². The zero-order chi connectivity index (χ0) is 30.4. The first-order valence-electron chi connectivity index (χ1n) is 9.31. The van der Waals surface area contributed by atoms with Gasteiger partial charge in [-0.25, -0.2) is 0 Å². The molecule has 0 unspecified atom stereocenters. The van der Waals surface area contributed by atoms with E-state index in [1.807, 2.05) is 0 Å². The second-order valence-electron chi connectivity index (χ2n) is 7.37. The Labute approximate surface area is 206 Å². The van der Waals surface area contributed by atoms with Crippen molar-refractivity contribution in [3.8, 4) is 5.75 Å². The minimum absolute atomic E-state index is 0.164. The van der Waals surface area contributed by atoms with Gasteiger partial charge in [-0.1, -0.05) is 12.1 Å². The Bertz CT molecular complexity index is 991. The maximum absolute atomic E-state index is 13.8. The first-order valence-corrected chi connectivity index (χ1v) is 9.69. The molecule has 1 rings (SSSR count). The minimum Gasteiger partial charge on any atom is -0.497 e. The van der Waals surface area contributed by atoms with E-state index in [9.17, 15) is 75.0 Å². The van der Waals surface area contributed by atoms with Crippen molar-refractivity contribution in [3.63, 3.8) is 0 Å². The average molecular weight is 614 g/mol. The van der Waals surface area contributed by atoms with Crippen LogP contribution in [0, 0.1) is 0 Å². The Kier molecular flexibility index (Phi) is 8.87. The van der Waals surface area contributed by atoms with Crippen LogP contribution < -0.4 is 10.1 Å². The highest BCUT2D eigenvalue weighted by Gasteiger charge is 2.95. The molecule has 1 aromatic rings. The van der Waals surface area contributed by atoms with Crippen molar-refractivity contribution in [3.05, 3.63) is 29.8 Å². The Balaban J connectivity index is 3.31. The molecule has 0 atom stereocenters. The molecule has 0 saturated heterocycles. The summed E-state index contributed by atoms with van der Waals surface area (Å²) in [5.41, 5.74) is 0.164. The van der Waals surface area contributed by atoms with Crippen molar-refractivity contribution in [2.75, 3.05) is 13.7 Å². The predicted molar refractivity (Wildman–Crippen MR) is 95.1 cm³/mol. The normalized spacial score (nSPS) is 14.9. The second kappa shape index (κ2) is 10.0. The molecule has 0 aliphatic rings. The number of ether oxygens (including phenoxy) is 1. The molecule has 0 saturated carbocycles. The number of carbonyl (C=O) groups is 1. The van der Waals surface area contributed by atoms with Gasteiger partial charge >= 0.3 is 46.8 Å². The monoisotopic (exact) mass is 613 g/mol. The van der Waals surface area contributed by atoms with E-state index < -0.39 is 65.7 Å². The number of halogens is 17. The lowest BCUT2D eigenvalue weighted by atomic mass is 9.89. The van der Waals surface area contributed by atoms with E-state index in [0.29, 0.717) is 0 Å². The van der Waals surface area contributed by atoms with Gasteiger partial charge in [0.2, 0.25) is 0 Å². The number of benzene rings is 1. The number of hydrogen-bond acceptors (Lipinski definition) is 2. The summed E-state index contributed by atoms with van der Waals surface area (Å²) < 4.78 is 220. The van der Waals surface area contributed by atoms with Crippen LogP contribution in [-0.4, -0.2) is 66.4 Å². The van der Waals surface area contributed by atoms with E-state index in [1.165, 1.54) is 31.4 Å². The Morgan fingerprint density at radius 2 is 1.05 bits per heavy atom. The third-order valence-corrected chi connectivity index (χ3v) is 5.10. The highest BCUT2D eigenvalue weighted by atomic mass is 35.5. The maximum Gasteiger partial charge on any atom is 0.393 e. The van der Waals surface area contributed by atoms with Crippen LogP contribution in [0.5, 0.6) is 5.75 Å². The smallest absolute Gasteiger partial charge is 0.393 e. The SMILES string of the molecule is COc1ccc(CCNC(=O)C(F)(F)C(F)(F)C(F)(F)C(F)(F)C(F)(F)C(F)(F)C(F)(F)C(F)(F)Cl)cc1. The molecule has 1 aromatic carbocycles. The molecule has 0 aromatic heterocycles. The lowest BCUT2D eigenvalue weighted by Gasteiger charge is -2.42. The maximum atomic E-state index is 13.8. The van der Waals surface area contributed by atoms with E-state index in [0.717, 1.165) is 5.32 Å². The first kappa shape index (κ1) is 33.7. The molecule has 3 nitrogen and oxygen atoms in total. The number of rotatable bonds is 12. The minimum atomic E-state index is -8.62. The second-order valence-corrected chi connectivity index (χ2v) is 7.85. The molecule has 1 amide bonds. The molecule has 1 N–H and O–H groups in total. The van der Waals surface area contributed by atoms with Crippen molar-refractivity contribution >= 4 is 17.5 Å².